The van der Waals surface area contributed by atoms with Gasteiger partial charge in [-0.25, -0.2) is 16.8 Å². The molecule has 0 amide bonds. The molecule has 314 valence electrons. The predicted molar refractivity (Wildman–Crippen MR) is 218 cm³/mol. The molecular weight excluding hydrogens is 785 g/mol. The number of tetrazole rings is 1. The fourth-order valence-corrected chi connectivity index (χ4v) is 9.55. The number of hydrogen-bond acceptors (Lipinski definition) is 13. The van der Waals surface area contributed by atoms with Crippen molar-refractivity contribution in [2.24, 2.45) is 0 Å². The van der Waals surface area contributed by atoms with Gasteiger partial charge in [0, 0.05) is 38.1 Å². The number of aromatic amines is 1. The molecule has 0 aliphatic carbocycles. The van der Waals surface area contributed by atoms with E-state index in [4.69, 9.17) is 9.15 Å². The number of esters is 1. The molecule has 0 atom stereocenters. The van der Waals surface area contributed by atoms with Crippen LogP contribution in [0, 0.1) is 0 Å². The summed E-state index contributed by atoms with van der Waals surface area (Å²) in [6, 6.07) is 12.7. The van der Waals surface area contributed by atoms with Gasteiger partial charge in [0.2, 0.25) is 11.7 Å². The summed E-state index contributed by atoms with van der Waals surface area (Å²) in [4.78, 5) is 13.0. The number of aromatic nitrogens is 6. The molecule has 2 aromatic heterocycles. The number of aliphatic hydroxyl groups excluding tert-OH is 1. The highest BCUT2D eigenvalue weighted by molar-refractivity contribution is 7.90. The summed E-state index contributed by atoms with van der Waals surface area (Å²) in [6.45, 7) is 4.40. The summed E-state index contributed by atoms with van der Waals surface area (Å²) in [7, 11) is -4.87. The molecule has 0 unspecified atom stereocenters. The maximum atomic E-state index is 13.3. The van der Waals surface area contributed by atoms with E-state index in [0.717, 1.165) is 40.7 Å². The second kappa shape index (κ2) is 20.5. The normalized spacial score (nSPS) is 15.4. The molecule has 6 rings (SSSR count). The Hall–Kier alpha value is -5.10. The lowest BCUT2D eigenvalue weighted by Crippen LogP contribution is -2.31. The first-order valence-electron chi connectivity index (χ1n) is 20.0. The van der Waals surface area contributed by atoms with Crippen molar-refractivity contribution in [3.05, 3.63) is 77.3 Å². The summed E-state index contributed by atoms with van der Waals surface area (Å²) in [6.07, 6.45) is 16.7. The molecule has 2 aliphatic heterocycles. The molecule has 16 nitrogen and oxygen atoms in total. The quantitative estimate of drug-likeness (QED) is 0.0684. The van der Waals surface area contributed by atoms with Crippen LogP contribution in [0.25, 0.3) is 22.9 Å². The molecular formula is C40H54N8O8S2. The standard InChI is InChI=1S/C30H45N3O5S.C10H9N5O3S/c1-4-6-8-10-12-14-16-22-26-31-32-30(37-26)28-29(38-27(34)23-17-15-13-11-9-7-5-2)24-20-18-19-21-25(24)39(35,36)33(28)3;1-15-8(10-11-13-14-12-10)9(16)6-4-2-3-5-7(6)19(15,17)18/h18-21H,4-17,22-23H2,1-3H3;2-5,16H,1H3,(H,11,12,13,14). The van der Waals surface area contributed by atoms with Crippen LogP contribution in [-0.4, -0.2) is 81.4 Å². The van der Waals surface area contributed by atoms with Gasteiger partial charge in [-0.05, 0) is 42.3 Å². The number of rotatable bonds is 19. The highest BCUT2D eigenvalue weighted by Crippen LogP contribution is 2.41. The minimum absolute atomic E-state index is 0.00699. The lowest BCUT2D eigenvalue weighted by atomic mass is 10.1. The second-order valence-corrected chi connectivity index (χ2v) is 18.1. The molecule has 4 aromatic rings. The van der Waals surface area contributed by atoms with Gasteiger partial charge in [0.1, 0.15) is 5.70 Å². The van der Waals surface area contributed by atoms with Crippen molar-refractivity contribution in [1.82, 2.24) is 39.4 Å². The number of sulfonamides is 2. The van der Waals surface area contributed by atoms with Gasteiger partial charge >= 0.3 is 5.97 Å². The molecule has 0 saturated heterocycles. The number of aryl methyl sites for hydroxylation is 1. The number of carbonyl (C=O) groups is 1. The highest BCUT2D eigenvalue weighted by atomic mass is 32.2. The maximum Gasteiger partial charge on any atom is 0.311 e. The largest absolute Gasteiger partial charge is 0.505 e. The molecule has 0 saturated carbocycles. The van der Waals surface area contributed by atoms with Crippen molar-refractivity contribution in [2.45, 2.75) is 126 Å². The van der Waals surface area contributed by atoms with Gasteiger partial charge in [-0.15, -0.1) is 20.4 Å². The van der Waals surface area contributed by atoms with Gasteiger partial charge in [0.15, 0.2) is 17.2 Å². The van der Waals surface area contributed by atoms with Gasteiger partial charge in [-0.2, -0.15) is 5.21 Å². The van der Waals surface area contributed by atoms with E-state index in [1.807, 2.05) is 0 Å². The van der Waals surface area contributed by atoms with Crippen molar-refractivity contribution in [1.29, 1.82) is 0 Å². The average molecular weight is 839 g/mol. The third-order valence-corrected chi connectivity index (χ3v) is 13.7. The zero-order valence-electron chi connectivity index (χ0n) is 33.7. The number of unbranched alkanes of at least 4 members (excludes halogenated alkanes) is 12. The number of benzene rings is 2. The molecule has 0 bridgehead atoms. The van der Waals surface area contributed by atoms with Crippen LogP contribution in [0.2, 0.25) is 0 Å². The highest BCUT2D eigenvalue weighted by Gasteiger charge is 2.40. The van der Waals surface area contributed by atoms with E-state index in [1.165, 1.54) is 90.1 Å². The number of H-pyrrole nitrogens is 1. The fourth-order valence-electron chi connectivity index (χ4n) is 6.77. The van der Waals surface area contributed by atoms with Gasteiger partial charge < -0.3 is 14.3 Å². The summed E-state index contributed by atoms with van der Waals surface area (Å²) in [5.74, 6) is 0.0347. The van der Waals surface area contributed by atoms with Crippen LogP contribution in [0.4, 0.5) is 0 Å². The summed E-state index contributed by atoms with van der Waals surface area (Å²) >= 11 is 0. The first-order chi connectivity index (χ1) is 27.9. The van der Waals surface area contributed by atoms with Gasteiger partial charge in [0.25, 0.3) is 25.9 Å². The van der Waals surface area contributed by atoms with Gasteiger partial charge in [0.05, 0.1) is 9.79 Å². The van der Waals surface area contributed by atoms with Crippen molar-refractivity contribution in [3.63, 3.8) is 0 Å². The smallest absolute Gasteiger partial charge is 0.311 e. The average Bonchev–Trinajstić information content (AvgIpc) is 3.93. The Kier molecular flexibility index (Phi) is 15.6. The van der Waals surface area contributed by atoms with E-state index in [2.05, 4.69) is 44.7 Å². The molecule has 2 aromatic carbocycles. The van der Waals surface area contributed by atoms with E-state index in [1.54, 1.807) is 30.3 Å². The number of nitrogens with one attached hydrogen (secondary N) is 1. The Balaban J connectivity index is 0.000000279. The van der Waals surface area contributed by atoms with Crippen molar-refractivity contribution < 1.29 is 35.9 Å². The number of hydrogen-bond donors (Lipinski definition) is 2. The number of nitrogens with zero attached hydrogens (tertiary/aromatic N) is 7. The van der Waals surface area contributed by atoms with Crippen LogP contribution >= 0.6 is 0 Å². The fraction of sp³-hybridized carbons (Fsp3) is 0.500. The molecule has 2 N–H and O–H groups in total. The van der Waals surface area contributed by atoms with Gasteiger partial charge in [-0.3, -0.25) is 13.4 Å². The molecule has 58 heavy (non-hydrogen) atoms. The minimum atomic E-state index is -3.89. The van der Waals surface area contributed by atoms with E-state index in [-0.39, 0.29) is 56.4 Å². The van der Waals surface area contributed by atoms with Crippen LogP contribution in [0.3, 0.4) is 0 Å². The minimum Gasteiger partial charge on any atom is -0.505 e. The SMILES string of the molecule is CCCCCCCCCC(=O)OC1=C(c2nnc(CCCCCCCCC)o2)N(C)S(=O)(=O)c2ccccc21.CN1C(c2nn[nH]n2)=C(O)c2ccccc2S1(=O)=O. The first-order valence-corrected chi connectivity index (χ1v) is 22.9. The second-order valence-electron chi connectivity index (χ2n) is 14.3. The Labute approximate surface area is 340 Å². The van der Waals surface area contributed by atoms with E-state index >= 15 is 0 Å². The number of carbonyl (C=O) groups excluding carboxylic acids is 1. The van der Waals surface area contributed by atoms with Crippen molar-refractivity contribution in [2.75, 3.05) is 14.1 Å². The molecule has 0 spiro atoms. The number of aliphatic hydroxyl groups is 1. The van der Waals surface area contributed by atoms with Crippen molar-refractivity contribution in [3.8, 4) is 0 Å². The molecule has 4 heterocycles. The number of fused-ring (bicyclic) bond motifs is 2. The lowest BCUT2D eigenvalue weighted by Gasteiger charge is -2.29. The Bertz CT molecular complexity index is 2270. The predicted octanol–water partition coefficient (Wildman–Crippen LogP) is 7.72. The van der Waals surface area contributed by atoms with Gasteiger partial charge in [-0.1, -0.05) is 115 Å². The van der Waals surface area contributed by atoms with Crippen LogP contribution in [0.5, 0.6) is 0 Å². The monoisotopic (exact) mass is 838 g/mol. The van der Waals surface area contributed by atoms with Crippen molar-refractivity contribution >= 4 is 48.9 Å². The summed E-state index contributed by atoms with van der Waals surface area (Å²) in [5, 5.41) is 31.6. The van der Waals surface area contributed by atoms with E-state index < -0.39 is 26.0 Å². The summed E-state index contributed by atoms with van der Waals surface area (Å²) < 4.78 is 65.2. The topological polar surface area (TPSA) is 215 Å². The lowest BCUT2D eigenvalue weighted by molar-refractivity contribution is -0.136. The zero-order valence-corrected chi connectivity index (χ0v) is 35.3. The third kappa shape index (κ3) is 10.3. The van der Waals surface area contributed by atoms with Crippen LogP contribution in [0.1, 0.15) is 139 Å². The maximum absolute atomic E-state index is 13.3. The first kappa shape index (κ1) is 44.0. The Morgan fingerprint density at radius 1 is 0.707 bits per heavy atom. The summed E-state index contributed by atoms with van der Waals surface area (Å²) in [5.41, 5.74) is 0.637. The molecule has 0 radical (unpaired) electrons. The Morgan fingerprint density at radius 3 is 1.84 bits per heavy atom. The van der Waals surface area contributed by atoms with E-state index in [0.29, 0.717) is 17.9 Å². The van der Waals surface area contributed by atoms with Crippen LogP contribution in [0.15, 0.2) is 62.7 Å². The Morgan fingerprint density at radius 2 is 1.24 bits per heavy atom. The molecule has 0 fully saturated rings. The van der Waals surface area contributed by atoms with Crippen LogP contribution < -0.4 is 0 Å². The van der Waals surface area contributed by atoms with Crippen LogP contribution in [-0.2, 0) is 36.0 Å². The molecule has 18 heteroatoms. The van der Waals surface area contributed by atoms with E-state index in [9.17, 15) is 26.7 Å². The zero-order chi connectivity index (χ0) is 41.7. The third-order valence-electron chi connectivity index (χ3n) is 10.0. The molecule has 2 aliphatic rings. The number of ether oxygens (including phenoxy) is 1.